The Morgan fingerprint density at radius 2 is 2.05 bits per heavy atom. The zero-order valence-electron chi connectivity index (χ0n) is 11.4. The van der Waals surface area contributed by atoms with E-state index in [4.69, 9.17) is 16.3 Å². The van der Waals surface area contributed by atoms with Crippen LogP contribution in [0.1, 0.15) is 29.0 Å². The van der Waals surface area contributed by atoms with Gasteiger partial charge in [0.15, 0.2) is 6.61 Å². The minimum absolute atomic E-state index is 0.268. The second kappa shape index (κ2) is 6.95. The van der Waals surface area contributed by atoms with Crippen molar-refractivity contribution < 1.29 is 14.3 Å². The van der Waals surface area contributed by atoms with Crippen molar-refractivity contribution in [1.29, 1.82) is 0 Å². The monoisotopic (exact) mass is 306 g/mol. The van der Waals surface area contributed by atoms with Crippen LogP contribution >= 0.6 is 11.6 Å². The van der Waals surface area contributed by atoms with E-state index in [2.05, 4.69) is 10.3 Å². The normalized spacial score (nSPS) is 11.7. The molecule has 0 radical (unpaired) electrons. The van der Waals surface area contributed by atoms with Crippen LogP contribution in [-0.4, -0.2) is 23.5 Å². The number of amides is 1. The molecular formula is C15H15ClN2O3. The molecule has 0 unspecified atom stereocenters. The Bertz CT molecular complexity index is 626. The molecule has 2 aromatic rings. The number of ether oxygens (including phenoxy) is 1. The second-order valence-electron chi connectivity index (χ2n) is 4.47. The molecule has 0 bridgehead atoms. The molecule has 6 heteroatoms. The quantitative estimate of drug-likeness (QED) is 0.834. The number of hydrogen-bond acceptors (Lipinski definition) is 3. The van der Waals surface area contributed by atoms with Crippen LogP contribution in [0.2, 0.25) is 5.02 Å². The molecule has 0 aliphatic rings. The highest BCUT2D eigenvalue weighted by atomic mass is 35.5. The van der Waals surface area contributed by atoms with Gasteiger partial charge in [-0.1, -0.05) is 29.8 Å². The van der Waals surface area contributed by atoms with Crippen LogP contribution in [0.25, 0.3) is 0 Å². The number of hydrogen-bond donors (Lipinski definition) is 2. The summed E-state index contributed by atoms with van der Waals surface area (Å²) in [7, 11) is 0. The lowest BCUT2D eigenvalue weighted by molar-refractivity contribution is -0.124. The Hall–Kier alpha value is -2.27. The molecule has 0 saturated heterocycles. The maximum atomic E-state index is 11.8. The number of carbonyl (C=O) groups is 2. The summed E-state index contributed by atoms with van der Waals surface area (Å²) in [6.45, 7) is 1.47. The van der Waals surface area contributed by atoms with Crippen LogP contribution in [0.15, 0.2) is 42.6 Å². The maximum Gasteiger partial charge on any atom is 0.355 e. The topological polar surface area (TPSA) is 71.2 Å². The number of H-pyrrole nitrogens is 1. The summed E-state index contributed by atoms with van der Waals surface area (Å²) in [5.74, 6) is -0.956. The van der Waals surface area contributed by atoms with Gasteiger partial charge in [0.2, 0.25) is 0 Å². The van der Waals surface area contributed by atoms with E-state index in [1.165, 1.54) is 0 Å². The molecule has 0 saturated carbocycles. The van der Waals surface area contributed by atoms with Crippen molar-refractivity contribution in [1.82, 2.24) is 10.3 Å². The summed E-state index contributed by atoms with van der Waals surface area (Å²) >= 11 is 6.06. The number of rotatable bonds is 5. The van der Waals surface area contributed by atoms with Crippen molar-refractivity contribution in [2.24, 2.45) is 0 Å². The van der Waals surface area contributed by atoms with Gasteiger partial charge in [-0.05, 0) is 30.7 Å². The lowest BCUT2D eigenvalue weighted by Crippen LogP contribution is -2.31. The summed E-state index contributed by atoms with van der Waals surface area (Å²) in [4.78, 5) is 26.0. The standard InChI is InChI=1S/C15H15ClN2O3/c1-10(11-5-2-3-6-12(11)16)18-14(19)9-21-15(20)13-7-4-8-17-13/h2-8,10,17H,9H2,1H3,(H,18,19)/t10-/m1/s1. The number of esters is 1. The molecule has 0 fully saturated rings. The van der Waals surface area contributed by atoms with Gasteiger partial charge in [-0.15, -0.1) is 0 Å². The summed E-state index contributed by atoms with van der Waals surface area (Å²) in [5.41, 5.74) is 1.12. The van der Waals surface area contributed by atoms with Crippen LogP contribution in [0.4, 0.5) is 0 Å². The summed E-state index contributed by atoms with van der Waals surface area (Å²) in [6, 6.07) is 10.2. The molecule has 0 aliphatic carbocycles. The minimum atomic E-state index is -0.569. The molecule has 1 aromatic carbocycles. The van der Waals surface area contributed by atoms with E-state index in [0.717, 1.165) is 5.56 Å². The lowest BCUT2D eigenvalue weighted by atomic mass is 10.1. The van der Waals surface area contributed by atoms with Crippen LogP contribution in [0, 0.1) is 0 Å². The smallest absolute Gasteiger partial charge is 0.355 e. The first-order valence-corrected chi connectivity index (χ1v) is 6.80. The molecule has 1 heterocycles. The van der Waals surface area contributed by atoms with Crippen LogP contribution in [-0.2, 0) is 9.53 Å². The summed E-state index contributed by atoms with van der Waals surface area (Å²) < 4.78 is 4.90. The SMILES string of the molecule is C[C@@H](NC(=O)COC(=O)c1ccc[nH]1)c1ccccc1Cl. The van der Waals surface area contributed by atoms with Crippen LogP contribution in [0.3, 0.4) is 0 Å². The average Bonchev–Trinajstić information content (AvgIpc) is 2.99. The highest BCUT2D eigenvalue weighted by molar-refractivity contribution is 6.31. The Morgan fingerprint density at radius 1 is 1.29 bits per heavy atom. The van der Waals surface area contributed by atoms with Crippen LogP contribution in [0.5, 0.6) is 0 Å². The van der Waals surface area contributed by atoms with Gasteiger partial charge in [-0.25, -0.2) is 4.79 Å². The first-order chi connectivity index (χ1) is 10.1. The van der Waals surface area contributed by atoms with E-state index >= 15 is 0 Å². The fraction of sp³-hybridized carbons (Fsp3) is 0.200. The van der Waals surface area contributed by atoms with Crippen molar-refractivity contribution in [2.75, 3.05) is 6.61 Å². The van der Waals surface area contributed by atoms with Crippen molar-refractivity contribution in [2.45, 2.75) is 13.0 Å². The molecule has 21 heavy (non-hydrogen) atoms. The maximum absolute atomic E-state index is 11.8. The Kier molecular flexibility index (Phi) is 5.00. The van der Waals surface area contributed by atoms with E-state index in [0.29, 0.717) is 10.7 Å². The third-order valence-electron chi connectivity index (χ3n) is 2.90. The lowest BCUT2D eigenvalue weighted by Gasteiger charge is -2.15. The molecule has 2 N–H and O–H groups in total. The highest BCUT2D eigenvalue weighted by Gasteiger charge is 2.14. The van der Waals surface area contributed by atoms with Gasteiger partial charge in [-0.3, -0.25) is 4.79 Å². The van der Waals surface area contributed by atoms with Gasteiger partial charge in [0.1, 0.15) is 5.69 Å². The molecule has 5 nitrogen and oxygen atoms in total. The Morgan fingerprint density at radius 3 is 2.71 bits per heavy atom. The number of halogens is 1. The van der Waals surface area contributed by atoms with Gasteiger partial charge < -0.3 is 15.0 Å². The fourth-order valence-corrected chi connectivity index (χ4v) is 2.15. The molecular weight excluding hydrogens is 292 g/mol. The number of carbonyl (C=O) groups excluding carboxylic acids is 2. The number of benzene rings is 1. The highest BCUT2D eigenvalue weighted by Crippen LogP contribution is 2.21. The van der Waals surface area contributed by atoms with Crippen molar-refractivity contribution >= 4 is 23.5 Å². The largest absolute Gasteiger partial charge is 0.451 e. The first-order valence-electron chi connectivity index (χ1n) is 6.42. The molecule has 1 aromatic heterocycles. The van der Waals surface area contributed by atoms with Gasteiger partial charge in [-0.2, -0.15) is 0 Å². The van der Waals surface area contributed by atoms with Gasteiger partial charge in [0.05, 0.1) is 6.04 Å². The van der Waals surface area contributed by atoms with E-state index in [1.54, 1.807) is 24.4 Å². The first kappa shape index (κ1) is 15.1. The third kappa shape index (κ3) is 4.10. The molecule has 0 spiro atoms. The zero-order chi connectivity index (χ0) is 15.2. The molecule has 110 valence electrons. The number of nitrogens with one attached hydrogen (secondary N) is 2. The average molecular weight is 307 g/mol. The van der Waals surface area contributed by atoms with Crippen molar-refractivity contribution in [3.63, 3.8) is 0 Å². The van der Waals surface area contributed by atoms with Crippen molar-refractivity contribution in [3.05, 3.63) is 58.9 Å². The summed E-state index contributed by atoms with van der Waals surface area (Å²) in [5, 5.41) is 3.30. The van der Waals surface area contributed by atoms with Crippen LogP contribution < -0.4 is 5.32 Å². The third-order valence-corrected chi connectivity index (χ3v) is 3.25. The minimum Gasteiger partial charge on any atom is -0.451 e. The van der Waals surface area contributed by atoms with E-state index in [1.807, 2.05) is 25.1 Å². The van der Waals surface area contributed by atoms with E-state index in [9.17, 15) is 9.59 Å². The van der Waals surface area contributed by atoms with E-state index in [-0.39, 0.29) is 18.6 Å². The van der Waals surface area contributed by atoms with Gasteiger partial charge in [0.25, 0.3) is 5.91 Å². The predicted molar refractivity (Wildman–Crippen MR) is 79.1 cm³/mol. The summed E-state index contributed by atoms with van der Waals surface area (Å²) in [6.07, 6.45) is 1.61. The van der Waals surface area contributed by atoms with Crippen molar-refractivity contribution in [3.8, 4) is 0 Å². The Balaban J connectivity index is 1.85. The fourth-order valence-electron chi connectivity index (χ4n) is 1.85. The molecule has 1 atom stereocenters. The van der Waals surface area contributed by atoms with Gasteiger partial charge in [0, 0.05) is 11.2 Å². The van der Waals surface area contributed by atoms with E-state index < -0.39 is 5.97 Å². The molecule has 1 amide bonds. The zero-order valence-corrected chi connectivity index (χ0v) is 12.2. The molecule has 2 rings (SSSR count). The molecule has 0 aliphatic heterocycles. The number of aromatic nitrogens is 1. The Labute approximate surface area is 127 Å². The predicted octanol–water partition coefficient (Wildman–Crippen LogP) is 2.70. The van der Waals surface area contributed by atoms with Gasteiger partial charge >= 0.3 is 5.97 Å². The second-order valence-corrected chi connectivity index (χ2v) is 4.88. The number of aromatic amines is 1.